The molecule has 0 amide bonds. The largest absolute Gasteiger partial charge is 0.392 e. The Hall–Kier alpha value is -1.96. The van der Waals surface area contributed by atoms with E-state index in [1.54, 1.807) is 6.20 Å². The third-order valence-corrected chi connectivity index (χ3v) is 5.04. The maximum Gasteiger partial charge on any atom is 0.172 e. The Morgan fingerprint density at radius 2 is 2.12 bits per heavy atom. The number of nitrogens with one attached hydrogen (secondary N) is 1. The molecule has 7 heteroatoms. The molecule has 4 rings (SSSR count). The van der Waals surface area contributed by atoms with Crippen LogP contribution in [0.15, 0.2) is 47.1 Å². The molecule has 2 aromatic heterocycles. The molecule has 0 spiro atoms. The van der Waals surface area contributed by atoms with Gasteiger partial charge in [0.1, 0.15) is 5.82 Å². The lowest BCUT2D eigenvalue weighted by Crippen LogP contribution is -2.28. The van der Waals surface area contributed by atoms with Crippen LogP contribution in [0, 0.1) is 0 Å². The average molecular weight is 402 g/mol. The van der Waals surface area contributed by atoms with Crippen molar-refractivity contribution < 1.29 is 5.11 Å². The van der Waals surface area contributed by atoms with Crippen molar-refractivity contribution in [1.82, 2.24) is 19.5 Å². The Morgan fingerprint density at radius 1 is 1.28 bits per heavy atom. The molecule has 1 unspecified atom stereocenters. The molecule has 25 heavy (non-hydrogen) atoms. The number of anilines is 1. The summed E-state index contributed by atoms with van der Waals surface area (Å²) < 4.78 is 2.69. The SMILES string of the molecule is OC1CCN(CCNc2cc(-c3ccccc3)nc3c(Br)cnn23)C1. The topological polar surface area (TPSA) is 65.7 Å². The molecule has 2 N–H and O–H groups in total. The number of rotatable bonds is 5. The van der Waals surface area contributed by atoms with Gasteiger partial charge in [0.25, 0.3) is 0 Å². The number of halogens is 1. The Labute approximate surface area is 154 Å². The van der Waals surface area contributed by atoms with Crippen LogP contribution in [0.3, 0.4) is 0 Å². The van der Waals surface area contributed by atoms with Crippen molar-refractivity contribution in [3.8, 4) is 11.3 Å². The average Bonchev–Trinajstić information content (AvgIpc) is 3.22. The number of aliphatic hydroxyl groups is 1. The van der Waals surface area contributed by atoms with Crippen LogP contribution >= 0.6 is 15.9 Å². The van der Waals surface area contributed by atoms with Gasteiger partial charge in [0.2, 0.25) is 0 Å². The molecule has 3 aromatic rings. The second kappa shape index (κ2) is 7.11. The molecule has 1 atom stereocenters. The molecule has 6 nitrogen and oxygen atoms in total. The summed E-state index contributed by atoms with van der Waals surface area (Å²) in [4.78, 5) is 7.00. The van der Waals surface area contributed by atoms with Crippen LogP contribution in [-0.4, -0.2) is 56.9 Å². The number of hydrogen-bond acceptors (Lipinski definition) is 5. The van der Waals surface area contributed by atoms with E-state index in [9.17, 15) is 5.11 Å². The molecule has 1 aromatic carbocycles. The minimum atomic E-state index is -0.181. The van der Waals surface area contributed by atoms with E-state index in [0.29, 0.717) is 0 Å². The summed E-state index contributed by atoms with van der Waals surface area (Å²) in [5.74, 6) is 0.911. The molecule has 1 saturated heterocycles. The first-order valence-electron chi connectivity index (χ1n) is 8.45. The third-order valence-electron chi connectivity index (χ3n) is 4.48. The Morgan fingerprint density at radius 3 is 2.88 bits per heavy atom. The van der Waals surface area contributed by atoms with Gasteiger partial charge in [0.15, 0.2) is 5.65 Å². The van der Waals surface area contributed by atoms with Crippen LogP contribution in [0.1, 0.15) is 6.42 Å². The van der Waals surface area contributed by atoms with Crippen molar-refractivity contribution in [2.75, 3.05) is 31.5 Å². The zero-order valence-corrected chi connectivity index (χ0v) is 15.4. The van der Waals surface area contributed by atoms with Crippen LogP contribution in [0.25, 0.3) is 16.9 Å². The van der Waals surface area contributed by atoms with Gasteiger partial charge in [-0.2, -0.15) is 9.61 Å². The van der Waals surface area contributed by atoms with Crippen molar-refractivity contribution in [3.05, 3.63) is 47.1 Å². The van der Waals surface area contributed by atoms with Gasteiger partial charge in [-0.3, -0.25) is 4.90 Å². The smallest absolute Gasteiger partial charge is 0.172 e. The maximum atomic E-state index is 9.63. The van der Waals surface area contributed by atoms with Crippen LogP contribution < -0.4 is 5.32 Å². The van der Waals surface area contributed by atoms with Gasteiger partial charge in [-0.25, -0.2) is 4.98 Å². The zero-order chi connectivity index (χ0) is 17.2. The molecule has 0 aliphatic carbocycles. The maximum absolute atomic E-state index is 9.63. The minimum absolute atomic E-state index is 0.181. The van der Waals surface area contributed by atoms with Gasteiger partial charge in [-0.15, -0.1) is 0 Å². The molecular formula is C18H20BrN5O. The molecule has 0 saturated carbocycles. The van der Waals surface area contributed by atoms with Crippen molar-refractivity contribution in [3.63, 3.8) is 0 Å². The van der Waals surface area contributed by atoms with Gasteiger partial charge >= 0.3 is 0 Å². The molecule has 0 radical (unpaired) electrons. The number of likely N-dealkylation sites (tertiary alicyclic amines) is 1. The van der Waals surface area contributed by atoms with Gasteiger partial charge in [0, 0.05) is 37.8 Å². The highest BCUT2D eigenvalue weighted by Gasteiger charge is 2.19. The molecule has 1 aliphatic heterocycles. The van der Waals surface area contributed by atoms with Crippen molar-refractivity contribution in [2.24, 2.45) is 0 Å². The van der Waals surface area contributed by atoms with E-state index in [-0.39, 0.29) is 6.10 Å². The zero-order valence-electron chi connectivity index (χ0n) is 13.8. The predicted octanol–water partition coefficient (Wildman–Crippen LogP) is 2.64. The molecular weight excluding hydrogens is 382 g/mol. The van der Waals surface area contributed by atoms with E-state index in [1.807, 2.05) is 28.8 Å². The Kier molecular flexibility index (Phi) is 4.70. The van der Waals surface area contributed by atoms with E-state index in [0.717, 1.165) is 59.8 Å². The van der Waals surface area contributed by atoms with E-state index < -0.39 is 0 Å². The molecule has 130 valence electrons. The first kappa shape index (κ1) is 16.5. The summed E-state index contributed by atoms with van der Waals surface area (Å²) in [6.45, 7) is 3.40. The van der Waals surface area contributed by atoms with E-state index >= 15 is 0 Å². The summed E-state index contributed by atoms with van der Waals surface area (Å²) in [7, 11) is 0. The van der Waals surface area contributed by atoms with Crippen LogP contribution in [0.4, 0.5) is 5.82 Å². The number of β-amino-alcohol motifs (C(OH)–C–C–N with tert-alkyl or cyclic N) is 1. The standard InChI is InChI=1S/C18H20BrN5O/c19-15-11-21-24-17(20-7-9-23-8-6-14(25)12-23)10-16(22-18(15)24)13-4-2-1-3-5-13/h1-5,10-11,14,20,25H,6-9,12H2. The lowest BCUT2D eigenvalue weighted by molar-refractivity contribution is 0.177. The molecule has 1 fully saturated rings. The summed E-state index contributed by atoms with van der Waals surface area (Å²) >= 11 is 3.53. The fraction of sp³-hybridized carbons (Fsp3) is 0.333. The first-order valence-corrected chi connectivity index (χ1v) is 9.24. The lowest BCUT2D eigenvalue weighted by Gasteiger charge is -2.16. The molecule has 3 heterocycles. The Bertz CT molecular complexity index is 867. The monoisotopic (exact) mass is 401 g/mol. The summed E-state index contributed by atoms with van der Waals surface area (Å²) in [5, 5.41) is 17.5. The van der Waals surface area contributed by atoms with E-state index in [2.05, 4.69) is 43.4 Å². The normalized spacial score (nSPS) is 18.1. The third kappa shape index (κ3) is 3.53. The fourth-order valence-electron chi connectivity index (χ4n) is 3.18. The van der Waals surface area contributed by atoms with E-state index in [4.69, 9.17) is 4.98 Å². The summed E-state index contributed by atoms with van der Waals surface area (Å²) in [6.07, 6.45) is 2.45. The Balaban J connectivity index is 1.58. The first-order chi connectivity index (χ1) is 12.2. The number of nitrogens with zero attached hydrogens (tertiary/aromatic N) is 4. The van der Waals surface area contributed by atoms with E-state index in [1.165, 1.54) is 0 Å². The van der Waals surface area contributed by atoms with Gasteiger partial charge in [-0.05, 0) is 22.4 Å². The fourth-order valence-corrected chi connectivity index (χ4v) is 3.52. The number of hydrogen-bond donors (Lipinski definition) is 2. The highest BCUT2D eigenvalue weighted by molar-refractivity contribution is 9.10. The minimum Gasteiger partial charge on any atom is -0.392 e. The van der Waals surface area contributed by atoms with Gasteiger partial charge in [-0.1, -0.05) is 30.3 Å². The van der Waals surface area contributed by atoms with Crippen LogP contribution in [-0.2, 0) is 0 Å². The number of aliphatic hydroxyl groups excluding tert-OH is 1. The summed E-state index contributed by atoms with van der Waals surface area (Å²) in [5.41, 5.74) is 2.78. The highest BCUT2D eigenvalue weighted by atomic mass is 79.9. The van der Waals surface area contributed by atoms with Crippen molar-refractivity contribution in [1.29, 1.82) is 0 Å². The lowest BCUT2D eigenvalue weighted by atomic mass is 10.1. The number of aromatic nitrogens is 3. The van der Waals surface area contributed by atoms with Gasteiger partial charge < -0.3 is 10.4 Å². The molecule has 0 bridgehead atoms. The quantitative estimate of drug-likeness (QED) is 0.687. The van der Waals surface area contributed by atoms with Crippen molar-refractivity contribution >= 4 is 27.4 Å². The van der Waals surface area contributed by atoms with Crippen LogP contribution in [0.2, 0.25) is 0 Å². The predicted molar refractivity (Wildman–Crippen MR) is 102 cm³/mol. The number of benzene rings is 1. The summed E-state index contributed by atoms with van der Waals surface area (Å²) in [6, 6.07) is 12.2. The van der Waals surface area contributed by atoms with Crippen molar-refractivity contribution in [2.45, 2.75) is 12.5 Å². The second-order valence-electron chi connectivity index (χ2n) is 6.29. The second-order valence-corrected chi connectivity index (χ2v) is 7.14. The molecule has 1 aliphatic rings. The number of fused-ring (bicyclic) bond motifs is 1. The highest BCUT2D eigenvalue weighted by Crippen LogP contribution is 2.25. The van der Waals surface area contributed by atoms with Crippen LogP contribution in [0.5, 0.6) is 0 Å². The van der Waals surface area contributed by atoms with Gasteiger partial charge in [0.05, 0.1) is 22.5 Å².